The highest BCUT2D eigenvalue weighted by Crippen LogP contribution is 2.23. The number of nitrogens with zero attached hydrogens (tertiary/aromatic N) is 1. The molecule has 0 bridgehead atoms. The van der Waals surface area contributed by atoms with Crippen molar-refractivity contribution in [2.75, 3.05) is 25.6 Å². The molecule has 0 saturated heterocycles. The van der Waals surface area contributed by atoms with Gasteiger partial charge in [-0.25, -0.2) is 4.98 Å². The summed E-state index contributed by atoms with van der Waals surface area (Å²) in [5, 5.41) is 6.67. The third kappa shape index (κ3) is 4.44. The summed E-state index contributed by atoms with van der Waals surface area (Å²) < 4.78 is 4.88. The smallest absolute Gasteiger partial charge is 0.269 e. The van der Waals surface area contributed by atoms with Crippen molar-refractivity contribution in [3.05, 3.63) is 52.8 Å². The summed E-state index contributed by atoms with van der Waals surface area (Å²) >= 11 is 5.93. The summed E-state index contributed by atoms with van der Waals surface area (Å²) in [7, 11) is 1.59. The zero-order valence-corrected chi connectivity index (χ0v) is 13.3. The van der Waals surface area contributed by atoms with Crippen LogP contribution in [-0.4, -0.2) is 31.2 Å². The molecule has 0 aliphatic carbocycles. The van der Waals surface area contributed by atoms with Crippen molar-refractivity contribution >= 4 is 28.9 Å². The van der Waals surface area contributed by atoms with Crippen LogP contribution < -0.4 is 10.6 Å². The first kappa shape index (κ1) is 16.3. The second-order valence-corrected chi connectivity index (χ2v) is 5.20. The number of halogens is 1. The van der Waals surface area contributed by atoms with Gasteiger partial charge in [0.1, 0.15) is 5.69 Å². The topological polar surface area (TPSA) is 63.2 Å². The third-order valence-corrected chi connectivity index (χ3v) is 3.29. The van der Waals surface area contributed by atoms with Gasteiger partial charge in [-0.15, -0.1) is 0 Å². The number of hydrogen-bond donors (Lipinski definition) is 2. The SMILES string of the molecule is COCCNC(=O)c1ccc(Nc2ccc(Cl)cc2C)cn1. The van der Waals surface area contributed by atoms with Gasteiger partial charge in [-0.3, -0.25) is 4.79 Å². The number of anilines is 2. The number of benzene rings is 1. The molecule has 2 rings (SSSR count). The highest BCUT2D eigenvalue weighted by Gasteiger charge is 2.07. The summed E-state index contributed by atoms with van der Waals surface area (Å²) in [5.41, 5.74) is 3.16. The fraction of sp³-hybridized carbons (Fsp3) is 0.250. The van der Waals surface area contributed by atoms with E-state index in [-0.39, 0.29) is 5.91 Å². The number of rotatable bonds is 6. The average Bonchev–Trinajstić information content (AvgIpc) is 2.51. The molecule has 0 saturated carbocycles. The molecule has 0 radical (unpaired) electrons. The van der Waals surface area contributed by atoms with Crippen LogP contribution in [0.5, 0.6) is 0 Å². The number of aryl methyl sites for hydroxylation is 1. The first-order chi connectivity index (χ1) is 10.6. The monoisotopic (exact) mass is 319 g/mol. The minimum atomic E-state index is -0.216. The summed E-state index contributed by atoms with van der Waals surface area (Å²) in [6, 6.07) is 9.10. The molecule has 2 aromatic rings. The van der Waals surface area contributed by atoms with Crippen molar-refractivity contribution in [3.8, 4) is 0 Å². The Hall–Kier alpha value is -2.11. The lowest BCUT2D eigenvalue weighted by Crippen LogP contribution is -2.27. The summed E-state index contributed by atoms with van der Waals surface area (Å²) in [6.07, 6.45) is 1.62. The van der Waals surface area contributed by atoms with Crippen molar-refractivity contribution in [3.63, 3.8) is 0 Å². The Bertz CT molecular complexity index is 644. The molecule has 0 unspecified atom stereocenters. The highest BCUT2D eigenvalue weighted by molar-refractivity contribution is 6.30. The van der Waals surface area contributed by atoms with E-state index in [0.29, 0.717) is 23.9 Å². The Kier molecular flexibility index (Phi) is 5.75. The largest absolute Gasteiger partial charge is 0.383 e. The van der Waals surface area contributed by atoms with Crippen molar-refractivity contribution in [1.82, 2.24) is 10.3 Å². The molecular weight excluding hydrogens is 302 g/mol. The molecule has 1 aromatic heterocycles. The molecule has 0 spiro atoms. The van der Waals surface area contributed by atoms with Crippen molar-refractivity contribution < 1.29 is 9.53 Å². The maximum Gasteiger partial charge on any atom is 0.269 e. The Balaban J connectivity index is 2.01. The molecule has 1 heterocycles. The molecule has 2 N–H and O–H groups in total. The number of ether oxygens (including phenoxy) is 1. The van der Waals surface area contributed by atoms with Crippen LogP contribution in [0.2, 0.25) is 5.02 Å². The predicted octanol–water partition coefficient (Wildman–Crippen LogP) is 3.16. The number of aromatic nitrogens is 1. The fourth-order valence-corrected chi connectivity index (χ4v) is 2.11. The number of nitrogens with one attached hydrogen (secondary N) is 2. The molecule has 1 aromatic carbocycles. The molecule has 22 heavy (non-hydrogen) atoms. The Morgan fingerprint density at radius 2 is 2.14 bits per heavy atom. The average molecular weight is 320 g/mol. The van der Waals surface area contributed by atoms with Crippen molar-refractivity contribution in [2.45, 2.75) is 6.92 Å². The second kappa shape index (κ2) is 7.77. The molecule has 0 aliphatic heterocycles. The van der Waals surface area contributed by atoms with E-state index >= 15 is 0 Å². The van der Waals surface area contributed by atoms with Gasteiger partial charge in [-0.2, -0.15) is 0 Å². The van der Waals surface area contributed by atoms with Gasteiger partial charge in [0.25, 0.3) is 5.91 Å². The van der Waals surface area contributed by atoms with Gasteiger partial charge in [0.15, 0.2) is 0 Å². The van der Waals surface area contributed by atoms with E-state index in [1.54, 1.807) is 19.4 Å². The Morgan fingerprint density at radius 1 is 1.32 bits per heavy atom. The van der Waals surface area contributed by atoms with Crippen LogP contribution in [-0.2, 0) is 4.74 Å². The zero-order valence-electron chi connectivity index (χ0n) is 12.5. The van der Waals surface area contributed by atoms with Crippen LogP contribution in [0.4, 0.5) is 11.4 Å². The van der Waals surface area contributed by atoms with Crippen LogP contribution in [0.1, 0.15) is 16.1 Å². The summed E-state index contributed by atoms with van der Waals surface area (Å²) in [6.45, 7) is 2.90. The number of pyridine rings is 1. The van der Waals surface area contributed by atoms with E-state index in [0.717, 1.165) is 16.9 Å². The lowest BCUT2D eigenvalue weighted by Gasteiger charge is -2.10. The Morgan fingerprint density at radius 3 is 2.77 bits per heavy atom. The maximum absolute atomic E-state index is 11.8. The van der Waals surface area contributed by atoms with Gasteiger partial charge in [-0.05, 0) is 42.8 Å². The van der Waals surface area contributed by atoms with Gasteiger partial charge < -0.3 is 15.4 Å². The van der Waals surface area contributed by atoms with Crippen LogP contribution in [0, 0.1) is 6.92 Å². The number of carbonyl (C=O) groups is 1. The molecular formula is C16H18ClN3O2. The quantitative estimate of drug-likeness (QED) is 0.803. The lowest BCUT2D eigenvalue weighted by atomic mass is 10.2. The van der Waals surface area contributed by atoms with Gasteiger partial charge in [-0.1, -0.05) is 11.6 Å². The fourth-order valence-electron chi connectivity index (χ4n) is 1.88. The normalized spacial score (nSPS) is 10.3. The number of hydrogen-bond acceptors (Lipinski definition) is 4. The molecule has 5 nitrogen and oxygen atoms in total. The standard InChI is InChI=1S/C16H18ClN3O2/c1-11-9-12(17)3-5-14(11)20-13-4-6-15(19-10-13)16(21)18-7-8-22-2/h3-6,9-10,20H,7-8H2,1-2H3,(H,18,21). The van der Waals surface area contributed by atoms with Gasteiger partial charge >= 0.3 is 0 Å². The molecule has 6 heteroatoms. The first-order valence-corrected chi connectivity index (χ1v) is 7.24. The van der Waals surface area contributed by atoms with E-state index in [4.69, 9.17) is 16.3 Å². The Labute approximate surface area is 134 Å². The van der Waals surface area contributed by atoms with E-state index in [1.807, 2.05) is 31.2 Å². The number of carbonyl (C=O) groups excluding carboxylic acids is 1. The lowest BCUT2D eigenvalue weighted by molar-refractivity contribution is 0.0932. The molecule has 116 valence electrons. The molecule has 0 fully saturated rings. The van der Waals surface area contributed by atoms with Crippen LogP contribution in [0.15, 0.2) is 36.5 Å². The number of methoxy groups -OCH3 is 1. The van der Waals surface area contributed by atoms with Gasteiger partial charge in [0.05, 0.1) is 18.5 Å². The minimum Gasteiger partial charge on any atom is -0.383 e. The highest BCUT2D eigenvalue weighted by atomic mass is 35.5. The summed E-state index contributed by atoms with van der Waals surface area (Å²) in [4.78, 5) is 16.0. The van der Waals surface area contributed by atoms with Crippen LogP contribution >= 0.6 is 11.6 Å². The van der Waals surface area contributed by atoms with E-state index in [9.17, 15) is 4.79 Å². The van der Waals surface area contributed by atoms with E-state index in [2.05, 4.69) is 15.6 Å². The minimum absolute atomic E-state index is 0.216. The van der Waals surface area contributed by atoms with Crippen molar-refractivity contribution in [2.24, 2.45) is 0 Å². The molecule has 0 atom stereocenters. The van der Waals surface area contributed by atoms with E-state index < -0.39 is 0 Å². The number of amides is 1. The third-order valence-electron chi connectivity index (χ3n) is 3.06. The summed E-state index contributed by atoms with van der Waals surface area (Å²) in [5.74, 6) is -0.216. The molecule has 1 amide bonds. The molecule has 0 aliphatic rings. The van der Waals surface area contributed by atoms with Crippen molar-refractivity contribution in [1.29, 1.82) is 0 Å². The van der Waals surface area contributed by atoms with E-state index in [1.165, 1.54) is 0 Å². The van der Waals surface area contributed by atoms with Gasteiger partial charge in [0, 0.05) is 24.4 Å². The predicted molar refractivity (Wildman–Crippen MR) is 87.9 cm³/mol. The van der Waals surface area contributed by atoms with Gasteiger partial charge in [0.2, 0.25) is 0 Å². The zero-order chi connectivity index (χ0) is 15.9. The second-order valence-electron chi connectivity index (χ2n) is 4.77. The van der Waals surface area contributed by atoms with Crippen LogP contribution in [0.25, 0.3) is 0 Å². The van der Waals surface area contributed by atoms with Crippen LogP contribution in [0.3, 0.4) is 0 Å². The first-order valence-electron chi connectivity index (χ1n) is 6.86. The maximum atomic E-state index is 11.8.